The second-order valence-corrected chi connectivity index (χ2v) is 6.32. The van der Waals surface area contributed by atoms with E-state index in [1.807, 2.05) is 0 Å². The average molecular weight is 262 g/mol. The number of hydrogen-bond donors (Lipinski definition) is 0. The van der Waals surface area contributed by atoms with Gasteiger partial charge in [0.2, 0.25) is 0 Å². The number of ether oxygens (including phenoxy) is 1. The number of rotatable bonds is 1. The molecule has 0 N–H and O–H groups in total. The van der Waals surface area contributed by atoms with Crippen LogP contribution in [0, 0.1) is 29.6 Å². The van der Waals surface area contributed by atoms with Crippen LogP contribution in [0.25, 0.3) is 0 Å². The molecule has 3 heteroatoms. The van der Waals surface area contributed by atoms with Crippen LogP contribution in [-0.2, 0) is 14.3 Å². The maximum absolute atomic E-state index is 12.0. The molecule has 3 aliphatic rings. The minimum Gasteiger partial charge on any atom is -0.469 e. The van der Waals surface area contributed by atoms with Gasteiger partial charge >= 0.3 is 5.97 Å². The lowest BCUT2D eigenvalue weighted by Crippen LogP contribution is -2.45. The van der Waals surface area contributed by atoms with Gasteiger partial charge in [0.05, 0.1) is 13.0 Å². The summed E-state index contributed by atoms with van der Waals surface area (Å²) in [5.41, 5.74) is 0. The Labute approximate surface area is 114 Å². The summed E-state index contributed by atoms with van der Waals surface area (Å²) in [7, 11) is 1.49. The lowest BCUT2D eigenvalue weighted by atomic mass is 9.56. The lowest BCUT2D eigenvalue weighted by Gasteiger charge is -2.48. The summed E-state index contributed by atoms with van der Waals surface area (Å²) < 4.78 is 5.00. The fourth-order valence-electron chi connectivity index (χ4n) is 4.63. The van der Waals surface area contributed by atoms with Crippen molar-refractivity contribution < 1.29 is 14.3 Å². The van der Waals surface area contributed by atoms with Gasteiger partial charge in [0.25, 0.3) is 0 Å². The SMILES string of the molecule is COC(=O)[C@@H]1CC=CC2CC[C@H]3CC(=O)CC[C@@H]3[C@H]21. The molecule has 0 radical (unpaired) electrons. The first-order valence-corrected chi connectivity index (χ1v) is 7.47. The first kappa shape index (κ1) is 12.9. The zero-order valence-electron chi connectivity index (χ0n) is 11.5. The van der Waals surface area contributed by atoms with E-state index < -0.39 is 0 Å². The number of hydrogen-bond acceptors (Lipinski definition) is 3. The lowest BCUT2D eigenvalue weighted by molar-refractivity contribution is -0.151. The van der Waals surface area contributed by atoms with Gasteiger partial charge in [0, 0.05) is 12.8 Å². The molecule has 0 spiro atoms. The Morgan fingerprint density at radius 1 is 1.32 bits per heavy atom. The van der Waals surface area contributed by atoms with E-state index in [1.54, 1.807) is 0 Å². The number of carbonyl (C=O) groups is 2. The van der Waals surface area contributed by atoms with E-state index in [2.05, 4.69) is 12.2 Å². The van der Waals surface area contributed by atoms with Gasteiger partial charge in [-0.25, -0.2) is 0 Å². The summed E-state index contributed by atoms with van der Waals surface area (Å²) in [6.45, 7) is 0. The van der Waals surface area contributed by atoms with Crippen LogP contribution in [0.4, 0.5) is 0 Å². The largest absolute Gasteiger partial charge is 0.469 e. The number of Topliss-reactive ketones (excluding diaryl/α,β-unsaturated/α-hetero) is 1. The molecule has 0 aromatic heterocycles. The van der Waals surface area contributed by atoms with E-state index in [4.69, 9.17) is 4.74 Å². The molecular weight excluding hydrogens is 240 g/mol. The Balaban J connectivity index is 1.85. The van der Waals surface area contributed by atoms with Crippen molar-refractivity contribution >= 4 is 11.8 Å². The molecule has 0 aromatic carbocycles. The molecule has 0 bridgehead atoms. The van der Waals surface area contributed by atoms with Gasteiger partial charge in [-0.05, 0) is 49.4 Å². The van der Waals surface area contributed by atoms with E-state index >= 15 is 0 Å². The van der Waals surface area contributed by atoms with Crippen LogP contribution < -0.4 is 0 Å². The molecule has 104 valence electrons. The van der Waals surface area contributed by atoms with Gasteiger partial charge < -0.3 is 4.74 Å². The van der Waals surface area contributed by atoms with E-state index in [1.165, 1.54) is 7.11 Å². The first-order valence-electron chi connectivity index (χ1n) is 7.47. The Kier molecular flexibility index (Phi) is 3.46. The van der Waals surface area contributed by atoms with Crippen molar-refractivity contribution in [2.75, 3.05) is 7.11 Å². The fourth-order valence-corrected chi connectivity index (χ4v) is 4.63. The number of esters is 1. The van der Waals surface area contributed by atoms with Crippen molar-refractivity contribution in [3.8, 4) is 0 Å². The molecule has 3 nitrogen and oxygen atoms in total. The highest BCUT2D eigenvalue weighted by molar-refractivity contribution is 5.79. The number of carbonyl (C=O) groups excluding carboxylic acids is 2. The molecule has 0 aromatic rings. The number of ketones is 1. The molecule has 2 saturated carbocycles. The number of methoxy groups -OCH3 is 1. The maximum atomic E-state index is 12.0. The smallest absolute Gasteiger partial charge is 0.309 e. The quantitative estimate of drug-likeness (QED) is 0.539. The Bertz CT molecular complexity index is 412. The molecule has 5 atom stereocenters. The summed E-state index contributed by atoms with van der Waals surface area (Å²) in [4.78, 5) is 23.7. The zero-order chi connectivity index (χ0) is 13.4. The van der Waals surface area contributed by atoms with Gasteiger partial charge in [-0.1, -0.05) is 12.2 Å². The Morgan fingerprint density at radius 3 is 2.95 bits per heavy atom. The van der Waals surface area contributed by atoms with Crippen LogP contribution in [-0.4, -0.2) is 18.9 Å². The highest BCUT2D eigenvalue weighted by Crippen LogP contribution is 2.51. The van der Waals surface area contributed by atoms with E-state index in [0.29, 0.717) is 35.9 Å². The van der Waals surface area contributed by atoms with Crippen LogP contribution >= 0.6 is 0 Å². The summed E-state index contributed by atoms with van der Waals surface area (Å²) in [5, 5.41) is 0. The normalized spacial score (nSPS) is 41.3. The topological polar surface area (TPSA) is 43.4 Å². The summed E-state index contributed by atoms with van der Waals surface area (Å²) >= 11 is 0. The van der Waals surface area contributed by atoms with E-state index in [0.717, 1.165) is 32.1 Å². The van der Waals surface area contributed by atoms with Crippen LogP contribution in [0.15, 0.2) is 12.2 Å². The summed E-state index contributed by atoms with van der Waals surface area (Å²) in [6, 6.07) is 0. The molecule has 0 aliphatic heterocycles. The van der Waals surface area contributed by atoms with Crippen molar-refractivity contribution in [3.05, 3.63) is 12.2 Å². The van der Waals surface area contributed by atoms with E-state index in [9.17, 15) is 9.59 Å². The maximum Gasteiger partial charge on any atom is 0.309 e. The minimum absolute atomic E-state index is 0.0148. The summed E-state index contributed by atoms with van der Waals surface area (Å²) in [5.74, 6) is 2.36. The number of fused-ring (bicyclic) bond motifs is 3. The number of allylic oxidation sites excluding steroid dienone is 2. The van der Waals surface area contributed by atoms with Crippen molar-refractivity contribution in [3.63, 3.8) is 0 Å². The third-order valence-corrected chi connectivity index (χ3v) is 5.45. The molecule has 19 heavy (non-hydrogen) atoms. The van der Waals surface area contributed by atoms with E-state index in [-0.39, 0.29) is 11.9 Å². The van der Waals surface area contributed by atoms with Crippen molar-refractivity contribution in [1.82, 2.24) is 0 Å². The summed E-state index contributed by atoms with van der Waals surface area (Å²) in [6.07, 6.45) is 9.97. The molecule has 2 fully saturated rings. The van der Waals surface area contributed by atoms with Crippen molar-refractivity contribution in [1.29, 1.82) is 0 Å². The second-order valence-electron chi connectivity index (χ2n) is 6.32. The monoisotopic (exact) mass is 262 g/mol. The predicted molar refractivity (Wildman–Crippen MR) is 71.3 cm³/mol. The standard InChI is InChI=1S/C16H22O3/c1-19-16(18)14-4-2-3-10-5-6-11-9-12(17)7-8-13(11)15(10)14/h2-3,10-11,13-15H,4-9H2,1H3/t10?,11-,13-,14+,15-/m0/s1. The van der Waals surface area contributed by atoms with Gasteiger partial charge in [-0.15, -0.1) is 0 Å². The molecule has 0 heterocycles. The van der Waals surface area contributed by atoms with Crippen molar-refractivity contribution in [2.45, 2.75) is 38.5 Å². The third kappa shape index (κ3) is 2.24. The molecule has 3 aliphatic carbocycles. The average Bonchev–Trinajstić information content (AvgIpc) is 2.45. The molecular formula is C16H22O3. The van der Waals surface area contributed by atoms with Gasteiger partial charge in [-0.2, -0.15) is 0 Å². The van der Waals surface area contributed by atoms with Crippen LogP contribution in [0.1, 0.15) is 38.5 Å². The highest BCUT2D eigenvalue weighted by atomic mass is 16.5. The predicted octanol–water partition coefficient (Wildman–Crippen LogP) is 2.75. The Morgan fingerprint density at radius 2 is 2.16 bits per heavy atom. The zero-order valence-corrected chi connectivity index (χ0v) is 11.5. The Hall–Kier alpha value is -1.12. The van der Waals surface area contributed by atoms with Gasteiger partial charge in [0.1, 0.15) is 5.78 Å². The van der Waals surface area contributed by atoms with Gasteiger partial charge in [-0.3, -0.25) is 9.59 Å². The highest BCUT2D eigenvalue weighted by Gasteiger charge is 2.47. The molecule has 0 saturated heterocycles. The van der Waals surface area contributed by atoms with Crippen molar-refractivity contribution in [2.24, 2.45) is 29.6 Å². The molecule has 0 amide bonds. The fraction of sp³-hybridized carbons (Fsp3) is 0.750. The van der Waals surface area contributed by atoms with Crippen LogP contribution in [0.2, 0.25) is 0 Å². The molecule has 3 rings (SSSR count). The molecule has 1 unspecified atom stereocenters. The third-order valence-electron chi connectivity index (χ3n) is 5.45. The van der Waals surface area contributed by atoms with Gasteiger partial charge in [0.15, 0.2) is 0 Å². The second kappa shape index (κ2) is 5.10. The van der Waals surface area contributed by atoms with Crippen LogP contribution in [0.3, 0.4) is 0 Å². The minimum atomic E-state index is -0.0584. The first-order chi connectivity index (χ1) is 9.20. The van der Waals surface area contributed by atoms with Crippen LogP contribution in [0.5, 0.6) is 0 Å².